The van der Waals surface area contributed by atoms with Crippen LogP contribution in [0.4, 0.5) is 0 Å². The van der Waals surface area contributed by atoms with E-state index in [1.54, 1.807) is 7.11 Å². The summed E-state index contributed by atoms with van der Waals surface area (Å²) in [5, 5.41) is 8.21. The fourth-order valence-corrected chi connectivity index (χ4v) is 3.63. The Morgan fingerprint density at radius 2 is 1.90 bits per heavy atom. The van der Waals surface area contributed by atoms with E-state index in [-0.39, 0.29) is 0 Å². The molecule has 1 aliphatic rings. The molecule has 0 aromatic carbocycles. The first kappa shape index (κ1) is 16.3. The molecule has 0 radical (unpaired) electrons. The van der Waals surface area contributed by atoms with Crippen molar-refractivity contribution in [1.29, 1.82) is 0 Å². The zero-order valence-corrected chi connectivity index (χ0v) is 13.9. The van der Waals surface area contributed by atoms with Gasteiger partial charge in [-0.25, -0.2) is 0 Å². The maximum atomic E-state index is 5.58. The van der Waals surface area contributed by atoms with Crippen molar-refractivity contribution in [3.8, 4) is 5.75 Å². The van der Waals surface area contributed by atoms with Gasteiger partial charge in [-0.05, 0) is 32.2 Å². The van der Waals surface area contributed by atoms with Gasteiger partial charge in [0.25, 0.3) is 0 Å². The van der Waals surface area contributed by atoms with Crippen molar-refractivity contribution < 1.29 is 4.74 Å². The first-order valence-electron chi connectivity index (χ1n) is 8.64. The van der Waals surface area contributed by atoms with Crippen molar-refractivity contribution in [2.45, 2.75) is 71.4 Å². The molecule has 4 heteroatoms. The molecule has 0 aliphatic heterocycles. The third-order valence-electron chi connectivity index (χ3n) is 4.70. The molecule has 1 heterocycles. The maximum absolute atomic E-state index is 5.58. The van der Waals surface area contributed by atoms with Gasteiger partial charge >= 0.3 is 0 Å². The molecule has 0 saturated heterocycles. The number of methoxy groups -OCH3 is 1. The van der Waals surface area contributed by atoms with E-state index >= 15 is 0 Å². The second-order valence-corrected chi connectivity index (χ2v) is 6.05. The lowest BCUT2D eigenvalue weighted by Crippen LogP contribution is -2.31. The van der Waals surface area contributed by atoms with Gasteiger partial charge in [-0.3, -0.25) is 4.68 Å². The first-order valence-corrected chi connectivity index (χ1v) is 8.64. The highest BCUT2D eigenvalue weighted by atomic mass is 16.5. The monoisotopic (exact) mass is 293 g/mol. The van der Waals surface area contributed by atoms with E-state index in [4.69, 9.17) is 4.74 Å². The zero-order valence-electron chi connectivity index (χ0n) is 13.9. The molecule has 1 aromatic rings. The van der Waals surface area contributed by atoms with E-state index in [2.05, 4.69) is 28.9 Å². The maximum Gasteiger partial charge on any atom is 0.161 e. The van der Waals surface area contributed by atoms with E-state index in [1.807, 2.05) is 6.20 Å². The van der Waals surface area contributed by atoms with Crippen LogP contribution >= 0.6 is 0 Å². The third-order valence-corrected chi connectivity index (χ3v) is 4.70. The number of nitrogens with zero attached hydrogens (tertiary/aromatic N) is 2. The average molecular weight is 293 g/mol. The summed E-state index contributed by atoms with van der Waals surface area (Å²) in [6.07, 6.45) is 11.4. The SMILES string of the molecule is CCNC(c1c(OC)cnn1CC)C1CCCCCCC1. The van der Waals surface area contributed by atoms with Crippen LogP contribution in [0.3, 0.4) is 0 Å². The van der Waals surface area contributed by atoms with Gasteiger partial charge in [-0.2, -0.15) is 5.10 Å². The van der Waals surface area contributed by atoms with Crippen LogP contribution in [-0.2, 0) is 6.54 Å². The summed E-state index contributed by atoms with van der Waals surface area (Å²) in [6.45, 7) is 6.22. The van der Waals surface area contributed by atoms with Gasteiger partial charge < -0.3 is 10.1 Å². The molecular formula is C17H31N3O. The van der Waals surface area contributed by atoms with Gasteiger partial charge in [0.15, 0.2) is 5.75 Å². The second kappa shape index (κ2) is 8.42. The van der Waals surface area contributed by atoms with Gasteiger partial charge in [-0.15, -0.1) is 0 Å². The van der Waals surface area contributed by atoms with E-state index in [0.29, 0.717) is 12.0 Å². The molecule has 1 atom stereocenters. The standard InChI is InChI=1S/C17H31N3O/c1-4-18-16(14-11-9-7-6-8-10-12-14)17-15(21-3)13-19-20(17)5-2/h13-14,16,18H,4-12H2,1-3H3. The minimum Gasteiger partial charge on any atom is -0.493 e. The highest BCUT2D eigenvalue weighted by Crippen LogP contribution is 2.36. The summed E-state index contributed by atoms with van der Waals surface area (Å²) in [5.74, 6) is 1.63. The van der Waals surface area contributed by atoms with E-state index in [0.717, 1.165) is 18.8 Å². The van der Waals surface area contributed by atoms with E-state index in [1.165, 1.54) is 50.6 Å². The lowest BCUT2D eigenvalue weighted by molar-refractivity contribution is 0.272. The van der Waals surface area contributed by atoms with Crippen molar-refractivity contribution in [2.75, 3.05) is 13.7 Å². The number of aryl methyl sites for hydroxylation is 1. The first-order chi connectivity index (χ1) is 10.3. The molecule has 4 nitrogen and oxygen atoms in total. The number of nitrogens with one attached hydrogen (secondary N) is 1. The molecule has 1 aromatic heterocycles. The normalized spacial score (nSPS) is 19.0. The van der Waals surface area contributed by atoms with Crippen molar-refractivity contribution in [3.63, 3.8) is 0 Å². The van der Waals surface area contributed by atoms with Gasteiger partial charge in [0.05, 0.1) is 25.0 Å². The Hall–Kier alpha value is -1.03. The Balaban J connectivity index is 2.26. The second-order valence-electron chi connectivity index (χ2n) is 6.05. The van der Waals surface area contributed by atoms with Crippen LogP contribution in [0.1, 0.15) is 70.5 Å². The highest BCUT2D eigenvalue weighted by molar-refractivity contribution is 5.29. The minimum absolute atomic E-state index is 0.366. The van der Waals surface area contributed by atoms with Crippen molar-refractivity contribution in [2.24, 2.45) is 5.92 Å². The van der Waals surface area contributed by atoms with E-state index < -0.39 is 0 Å². The molecule has 0 amide bonds. The highest BCUT2D eigenvalue weighted by Gasteiger charge is 2.28. The Labute approximate surface area is 129 Å². The molecule has 1 aliphatic carbocycles. The van der Waals surface area contributed by atoms with E-state index in [9.17, 15) is 0 Å². The zero-order chi connectivity index (χ0) is 15.1. The topological polar surface area (TPSA) is 39.1 Å². The quantitative estimate of drug-likeness (QED) is 0.864. The predicted molar refractivity (Wildman–Crippen MR) is 86.7 cm³/mol. The number of hydrogen-bond acceptors (Lipinski definition) is 3. The summed E-state index contributed by atoms with van der Waals surface area (Å²) in [5.41, 5.74) is 1.24. The number of hydrogen-bond donors (Lipinski definition) is 1. The largest absolute Gasteiger partial charge is 0.493 e. The molecule has 1 saturated carbocycles. The van der Waals surface area contributed by atoms with Crippen LogP contribution in [0.15, 0.2) is 6.20 Å². The summed E-state index contributed by atoms with van der Waals surface area (Å²) < 4.78 is 7.68. The van der Waals surface area contributed by atoms with Crippen LogP contribution in [-0.4, -0.2) is 23.4 Å². The molecule has 0 bridgehead atoms. The number of rotatable bonds is 6. The number of aromatic nitrogens is 2. The lowest BCUT2D eigenvalue weighted by Gasteiger charge is -2.30. The van der Waals surface area contributed by atoms with Gasteiger partial charge in [0.1, 0.15) is 0 Å². The Morgan fingerprint density at radius 1 is 1.24 bits per heavy atom. The van der Waals surface area contributed by atoms with Gasteiger partial charge in [0, 0.05) is 6.54 Å². The molecule has 1 N–H and O–H groups in total. The van der Waals surface area contributed by atoms with Gasteiger partial charge in [-0.1, -0.05) is 39.0 Å². The summed E-state index contributed by atoms with van der Waals surface area (Å²) in [4.78, 5) is 0. The molecule has 2 rings (SSSR count). The molecule has 120 valence electrons. The van der Waals surface area contributed by atoms with Crippen LogP contribution in [0, 0.1) is 5.92 Å². The molecular weight excluding hydrogens is 262 g/mol. The summed E-state index contributed by atoms with van der Waals surface area (Å²) in [7, 11) is 1.75. The van der Waals surface area contributed by atoms with Crippen molar-refractivity contribution in [3.05, 3.63) is 11.9 Å². The fraction of sp³-hybridized carbons (Fsp3) is 0.824. The van der Waals surface area contributed by atoms with Crippen molar-refractivity contribution in [1.82, 2.24) is 15.1 Å². The average Bonchev–Trinajstić information content (AvgIpc) is 2.88. The third kappa shape index (κ3) is 4.00. The smallest absolute Gasteiger partial charge is 0.161 e. The lowest BCUT2D eigenvalue weighted by atomic mass is 9.84. The van der Waals surface area contributed by atoms with Gasteiger partial charge in [0.2, 0.25) is 0 Å². The number of ether oxygens (including phenoxy) is 1. The molecule has 1 unspecified atom stereocenters. The fourth-order valence-electron chi connectivity index (χ4n) is 3.63. The molecule has 21 heavy (non-hydrogen) atoms. The van der Waals surface area contributed by atoms with Crippen LogP contribution in [0.5, 0.6) is 5.75 Å². The Kier molecular flexibility index (Phi) is 6.55. The van der Waals surface area contributed by atoms with Crippen LogP contribution in [0.2, 0.25) is 0 Å². The summed E-state index contributed by atoms with van der Waals surface area (Å²) >= 11 is 0. The molecule has 1 fully saturated rings. The molecule has 0 spiro atoms. The van der Waals surface area contributed by atoms with Crippen LogP contribution < -0.4 is 10.1 Å². The Bertz CT molecular complexity index is 387. The van der Waals surface area contributed by atoms with Crippen molar-refractivity contribution >= 4 is 0 Å². The Morgan fingerprint density at radius 3 is 2.48 bits per heavy atom. The minimum atomic E-state index is 0.366. The van der Waals surface area contributed by atoms with Crippen LogP contribution in [0.25, 0.3) is 0 Å². The predicted octanol–water partition coefficient (Wildman–Crippen LogP) is 3.92. The summed E-state index contributed by atoms with van der Waals surface area (Å²) in [6, 6.07) is 0.366.